The highest BCUT2D eigenvalue weighted by Crippen LogP contribution is 2.25. The number of methoxy groups -OCH3 is 2. The predicted octanol–water partition coefficient (Wildman–Crippen LogP) is 3.39. The molecule has 0 bridgehead atoms. The number of carbonyl (C=O) groups is 2. The van der Waals surface area contributed by atoms with Gasteiger partial charge in [0.05, 0.1) is 44.5 Å². The van der Waals surface area contributed by atoms with Gasteiger partial charge in [0.25, 0.3) is 11.5 Å². The van der Waals surface area contributed by atoms with Gasteiger partial charge < -0.3 is 24.5 Å². The van der Waals surface area contributed by atoms with Crippen LogP contribution in [0.15, 0.2) is 99.1 Å². The van der Waals surface area contributed by atoms with E-state index in [2.05, 4.69) is 10.6 Å². The molecule has 11 heteroatoms. The first-order chi connectivity index (χ1) is 20.4. The van der Waals surface area contributed by atoms with Crippen LogP contribution >= 0.6 is 0 Å². The molecule has 5 rings (SSSR count). The van der Waals surface area contributed by atoms with E-state index in [0.717, 1.165) is 4.57 Å². The van der Waals surface area contributed by atoms with Crippen molar-refractivity contribution in [2.45, 2.75) is 19.6 Å². The highest BCUT2D eigenvalue weighted by atomic mass is 16.5. The van der Waals surface area contributed by atoms with Crippen molar-refractivity contribution in [2.24, 2.45) is 0 Å². The highest BCUT2D eigenvalue weighted by Gasteiger charge is 2.17. The van der Waals surface area contributed by atoms with Crippen LogP contribution in [0.1, 0.15) is 21.7 Å². The van der Waals surface area contributed by atoms with Crippen LogP contribution in [0.3, 0.4) is 0 Å². The Morgan fingerprint density at radius 3 is 2.24 bits per heavy atom. The fourth-order valence-corrected chi connectivity index (χ4v) is 4.51. The molecular formula is C31H28N4O7. The number of aromatic nitrogens is 2. The first-order valence-corrected chi connectivity index (χ1v) is 13.0. The van der Waals surface area contributed by atoms with E-state index in [1.54, 1.807) is 78.9 Å². The maximum absolute atomic E-state index is 13.6. The maximum Gasteiger partial charge on any atom is 0.332 e. The van der Waals surface area contributed by atoms with Crippen molar-refractivity contribution < 1.29 is 23.5 Å². The molecule has 11 nitrogen and oxygen atoms in total. The number of carbonyl (C=O) groups excluding carboxylic acids is 2. The van der Waals surface area contributed by atoms with Crippen molar-refractivity contribution in [1.82, 2.24) is 14.5 Å². The van der Waals surface area contributed by atoms with Crippen LogP contribution in [0.25, 0.3) is 10.9 Å². The molecular weight excluding hydrogens is 540 g/mol. The molecule has 2 aromatic heterocycles. The summed E-state index contributed by atoms with van der Waals surface area (Å²) in [6.45, 7) is -0.141. The fourth-order valence-electron chi connectivity index (χ4n) is 4.51. The van der Waals surface area contributed by atoms with Gasteiger partial charge in [0.15, 0.2) is 0 Å². The molecule has 0 saturated heterocycles. The number of amides is 2. The summed E-state index contributed by atoms with van der Waals surface area (Å²) >= 11 is 0. The van der Waals surface area contributed by atoms with E-state index in [9.17, 15) is 19.2 Å². The van der Waals surface area contributed by atoms with Crippen LogP contribution in [0, 0.1) is 0 Å². The Balaban J connectivity index is 1.39. The lowest BCUT2D eigenvalue weighted by atomic mass is 10.1. The standard InChI is InChI=1S/C31H28N4O7/c1-40-24-14-22(15-25(16-24)41-2)33-28(36)19-34-27-8-4-3-7-26(27)30(38)35(31(34)39)18-20-9-11-21(12-10-20)29(37)32-17-23-6-5-13-42-23/h3-16H,17-19H2,1-2H3,(H,32,37)(H,33,36). The zero-order chi connectivity index (χ0) is 29.6. The van der Waals surface area contributed by atoms with Crippen molar-refractivity contribution in [3.8, 4) is 11.5 Å². The quantitative estimate of drug-likeness (QED) is 0.264. The summed E-state index contributed by atoms with van der Waals surface area (Å²) in [6.07, 6.45) is 1.53. The first kappa shape index (κ1) is 28.0. The van der Waals surface area contributed by atoms with E-state index in [4.69, 9.17) is 13.9 Å². The molecule has 214 valence electrons. The summed E-state index contributed by atoms with van der Waals surface area (Å²) in [5.74, 6) is 0.836. The summed E-state index contributed by atoms with van der Waals surface area (Å²) in [7, 11) is 3.00. The third-order valence-electron chi connectivity index (χ3n) is 6.63. The molecule has 0 atom stereocenters. The van der Waals surface area contributed by atoms with Gasteiger partial charge in [-0.2, -0.15) is 0 Å². The summed E-state index contributed by atoms with van der Waals surface area (Å²) in [5.41, 5.74) is 0.689. The number of benzene rings is 3. The lowest BCUT2D eigenvalue weighted by Gasteiger charge is -2.15. The number of hydrogen-bond donors (Lipinski definition) is 2. The van der Waals surface area contributed by atoms with Gasteiger partial charge in [0, 0.05) is 29.4 Å². The van der Waals surface area contributed by atoms with Crippen molar-refractivity contribution in [3.05, 3.63) is 123 Å². The largest absolute Gasteiger partial charge is 0.497 e. The zero-order valence-electron chi connectivity index (χ0n) is 23.0. The van der Waals surface area contributed by atoms with Gasteiger partial charge in [-0.25, -0.2) is 4.79 Å². The number of furan rings is 1. The molecule has 0 radical (unpaired) electrons. The Kier molecular flexibility index (Phi) is 8.19. The third kappa shape index (κ3) is 6.09. The van der Waals surface area contributed by atoms with E-state index >= 15 is 0 Å². The van der Waals surface area contributed by atoms with Gasteiger partial charge in [-0.15, -0.1) is 0 Å². The van der Waals surface area contributed by atoms with Gasteiger partial charge >= 0.3 is 5.69 Å². The molecule has 2 heterocycles. The summed E-state index contributed by atoms with van der Waals surface area (Å²) in [5, 5.41) is 5.83. The molecule has 0 fully saturated rings. The number of hydrogen-bond acceptors (Lipinski definition) is 7. The van der Waals surface area contributed by atoms with Gasteiger partial charge in [-0.1, -0.05) is 24.3 Å². The average molecular weight is 569 g/mol. The number of fused-ring (bicyclic) bond motifs is 1. The monoisotopic (exact) mass is 568 g/mol. The molecule has 0 spiro atoms. The van der Waals surface area contributed by atoms with Gasteiger partial charge in [-0.3, -0.25) is 23.5 Å². The Bertz CT molecular complexity index is 1830. The van der Waals surface area contributed by atoms with Crippen LogP contribution in [0.4, 0.5) is 5.69 Å². The summed E-state index contributed by atoms with van der Waals surface area (Å²) < 4.78 is 18.1. The first-order valence-electron chi connectivity index (χ1n) is 13.0. The second-order valence-electron chi connectivity index (χ2n) is 9.39. The topological polar surface area (TPSA) is 134 Å². The molecule has 0 unspecified atom stereocenters. The second-order valence-corrected chi connectivity index (χ2v) is 9.39. The number of para-hydroxylation sites is 1. The van der Waals surface area contributed by atoms with Gasteiger partial charge in [0.1, 0.15) is 23.8 Å². The van der Waals surface area contributed by atoms with Crippen molar-refractivity contribution in [3.63, 3.8) is 0 Å². The number of rotatable bonds is 10. The summed E-state index contributed by atoms with van der Waals surface area (Å²) in [4.78, 5) is 52.5. The number of ether oxygens (including phenoxy) is 2. The average Bonchev–Trinajstić information content (AvgIpc) is 3.54. The molecule has 42 heavy (non-hydrogen) atoms. The van der Waals surface area contributed by atoms with Crippen molar-refractivity contribution >= 4 is 28.4 Å². The maximum atomic E-state index is 13.6. The lowest BCUT2D eigenvalue weighted by molar-refractivity contribution is -0.116. The number of nitrogens with one attached hydrogen (secondary N) is 2. The Morgan fingerprint density at radius 2 is 1.57 bits per heavy atom. The minimum absolute atomic E-state index is 0.0501. The Labute approximate surface area is 239 Å². The van der Waals surface area contributed by atoms with Crippen LogP contribution < -0.4 is 31.4 Å². The molecule has 0 aliphatic carbocycles. The van der Waals surface area contributed by atoms with Gasteiger partial charge in [0.2, 0.25) is 5.91 Å². The van der Waals surface area contributed by atoms with E-state index in [1.165, 1.54) is 25.0 Å². The number of nitrogens with zero attached hydrogens (tertiary/aromatic N) is 2. The minimum Gasteiger partial charge on any atom is -0.497 e. The van der Waals surface area contributed by atoms with Crippen molar-refractivity contribution in [2.75, 3.05) is 19.5 Å². The van der Waals surface area contributed by atoms with Crippen LogP contribution in [-0.2, 0) is 24.4 Å². The van der Waals surface area contributed by atoms with Crippen LogP contribution in [0.2, 0.25) is 0 Å². The smallest absolute Gasteiger partial charge is 0.332 e. The SMILES string of the molecule is COc1cc(NC(=O)Cn2c(=O)n(Cc3ccc(C(=O)NCc4ccco4)cc3)c(=O)c3ccccc32)cc(OC)c1. The van der Waals surface area contributed by atoms with E-state index in [-0.39, 0.29) is 25.5 Å². The molecule has 0 aliphatic rings. The molecule has 3 aromatic carbocycles. The predicted molar refractivity (Wildman–Crippen MR) is 156 cm³/mol. The lowest BCUT2D eigenvalue weighted by Crippen LogP contribution is -2.42. The third-order valence-corrected chi connectivity index (χ3v) is 6.63. The highest BCUT2D eigenvalue weighted by molar-refractivity contribution is 5.94. The van der Waals surface area contributed by atoms with Crippen LogP contribution in [-0.4, -0.2) is 35.2 Å². The summed E-state index contributed by atoms with van der Waals surface area (Å²) in [6, 6.07) is 21.6. The Hall–Kier alpha value is -5.58. The molecule has 5 aromatic rings. The van der Waals surface area contributed by atoms with Crippen molar-refractivity contribution in [1.29, 1.82) is 0 Å². The minimum atomic E-state index is -0.641. The molecule has 2 N–H and O–H groups in total. The fraction of sp³-hybridized carbons (Fsp3) is 0.161. The van der Waals surface area contributed by atoms with E-state index < -0.39 is 17.2 Å². The molecule has 0 aliphatic heterocycles. The molecule has 0 saturated carbocycles. The van der Waals surface area contributed by atoms with E-state index in [0.29, 0.717) is 45.0 Å². The number of anilines is 1. The zero-order valence-corrected chi connectivity index (χ0v) is 23.0. The normalized spacial score (nSPS) is 10.8. The molecule has 2 amide bonds. The Morgan fingerprint density at radius 1 is 0.857 bits per heavy atom. The van der Waals surface area contributed by atoms with Crippen LogP contribution in [0.5, 0.6) is 11.5 Å². The van der Waals surface area contributed by atoms with Gasteiger partial charge in [-0.05, 0) is 42.0 Å². The second kappa shape index (κ2) is 12.3. The van der Waals surface area contributed by atoms with E-state index in [1.807, 2.05) is 0 Å².